The third-order valence-electron chi connectivity index (χ3n) is 5.77. The highest BCUT2D eigenvalue weighted by molar-refractivity contribution is 5.66. The largest absolute Gasteiger partial charge is 0.462 e. The predicted molar refractivity (Wildman–Crippen MR) is 88.4 cm³/mol. The van der Waals surface area contributed by atoms with Gasteiger partial charge in [-0.1, -0.05) is 18.2 Å². The number of aryl methyl sites for hydroxylation is 1. The highest BCUT2D eigenvalue weighted by Gasteiger charge is 2.45. The Hall–Kier alpha value is -1.43. The molecular formula is C19H25NO4. The molecule has 5 heteroatoms. The average Bonchev–Trinajstić information content (AvgIpc) is 3.13. The van der Waals surface area contributed by atoms with Crippen LogP contribution in [0.25, 0.3) is 0 Å². The molecule has 0 aromatic heterocycles. The van der Waals surface area contributed by atoms with E-state index in [1.807, 2.05) is 0 Å². The predicted octanol–water partition coefficient (Wildman–Crippen LogP) is 2.01. The van der Waals surface area contributed by atoms with E-state index in [2.05, 4.69) is 23.5 Å². The maximum atomic E-state index is 11.1. The van der Waals surface area contributed by atoms with Gasteiger partial charge in [0.25, 0.3) is 0 Å². The van der Waals surface area contributed by atoms with Crippen LogP contribution < -0.4 is 5.32 Å². The number of hydrogen-bond donors (Lipinski definition) is 2. The van der Waals surface area contributed by atoms with E-state index in [1.165, 1.54) is 23.6 Å². The van der Waals surface area contributed by atoms with Gasteiger partial charge in [0.1, 0.15) is 6.10 Å². The lowest BCUT2D eigenvalue weighted by atomic mass is 9.85. The molecule has 130 valence electrons. The molecule has 0 amide bonds. The maximum absolute atomic E-state index is 11.1. The van der Waals surface area contributed by atoms with E-state index < -0.39 is 6.41 Å². The van der Waals surface area contributed by atoms with Gasteiger partial charge >= 0.3 is 5.97 Å². The van der Waals surface area contributed by atoms with Crippen molar-refractivity contribution in [3.63, 3.8) is 0 Å². The van der Waals surface area contributed by atoms with Crippen LogP contribution >= 0.6 is 0 Å². The Bertz CT molecular complexity index is 646. The molecule has 0 bridgehead atoms. The Labute approximate surface area is 142 Å². The van der Waals surface area contributed by atoms with Crippen molar-refractivity contribution < 1.29 is 19.4 Å². The second kappa shape index (κ2) is 6.14. The lowest BCUT2D eigenvalue weighted by molar-refractivity contribution is -0.146. The van der Waals surface area contributed by atoms with Gasteiger partial charge in [0.05, 0.1) is 6.61 Å². The van der Waals surface area contributed by atoms with E-state index in [-0.39, 0.29) is 17.6 Å². The van der Waals surface area contributed by atoms with E-state index in [0.717, 1.165) is 38.5 Å². The third kappa shape index (κ3) is 3.08. The molecule has 3 aliphatic rings. The molecule has 1 unspecified atom stereocenters. The number of aliphatic hydroxyl groups excluding tert-OH is 1. The summed E-state index contributed by atoms with van der Waals surface area (Å²) >= 11 is 0. The van der Waals surface area contributed by atoms with E-state index in [4.69, 9.17) is 9.47 Å². The SMILES string of the molecule is CC(=O)O[C@@H]1CCc2cc([C@H]3CC[C@]4(COC(O)N4)C3)ccc2C1. The summed E-state index contributed by atoms with van der Waals surface area (Å²) in [6.45, 7) is 2.08. The fourth-order valence-corrected chi connectivity index (χ4v) is 4.59. The van der Waals surface area contributed by atoms with Crippen LogP contribution in [0.15, 0.2) is 18.2 Å². The van der Waals surface area contributed by atoms with Gasteiger partial charge in [0, 0.05) is 18.9 Å². The fourth-order valence-electron chi connectivity index (χ4n) is 4.59. The van der Waals surface area contributed by atoms with Crippen molar-refractivity contribution in [2.24, 2.45) is 0 Å². The zero-order valence-corrected chi connectivity index (χ0v) is 14.1. The topological polar surface area (TPSA) is 67.8 Å². The molecule has 1 heterocycles. The minimum atomic E-state index is -0.814. The number of aliphatic hydroxyl groups is 1. The van der Waals surface area contributed by atoms with Crippen LogP contribution in [0.3, 0.4) is 0 Å². The number of carbonyl (C=O) groups is 1. The van der Waals surface area contributed by atoms with Crippen LogP contribution in [0.4, 0.5) is 0 Å². The Morgan fingerprint density at radius 3 is 3.00 bits per heavy atom. The Morgan fingerprint density at radius 1 is 1.38 bits per heavy atom. The molecule has 2 fully saturated rings. The van der Waals surface area contributed by atoms with Gasteiger partial charge in [0.15, 0.2) is 0 Å². The number of hydrogen-bond acceptors (Lipinski definition) is 5. The molecular weight excluding hydrogens is 306 g/mol. The Morgan fingerprint density at radius 2 is 2.25 bits per heavy atom. The first kappa shape index (κ1) is 16.1. The number of benzene rings is 1. The minimum Gasteiger partial charge on any atom is -0.462 e. The number of nitrogens with one attached hydrogen (secondary N) is 1. The van der Waals surface area contributed by atoms with Crippen molar-refractivity contribution >= 4 is 5.97 Å². The highest BCUT2D eigenvalue weighted by atomic mass is 16.6. The molecule has 24 heavy (non-hydrogen) atoms. The van der Waals surface area contributed by atoms with Crippen molar-refractivity contribution in [1.29, 1.82) is 0 Å². The second-order valence-electron chi connectivity index (χ2n) is 7.53. The van der Waals surface area contributed by atoms with Gasteiger partial charge in [-0.15, -0.1) is 0 Å². The maximum Gasteiger partial charge on any atom is 0.302 e. The van der Waals surface area contributed by atoms with Gasteiger partial charge in [-0.25, -0.2) is 0 Å². The van der Waals surface area contributed by atoms with Crippen LogP contribution in [-0.2, 0) is 27.1 Å². The second-order valence-corrected chi connectivity index (χ2v) is 7.53. The standard InChI is InChI=1S/C19H25NO4/c1-12(21)24-17-5-4-13-8-14(2-3-15(13)9-17)16-6-7-19(10-16)11-23-18(22)20-19/h2-3,8,16-18,20,22H,4-7,9-11H2,1H3/t16-,17+,18?,19+/m0/s1. The van der Waals surface area contributed by atoms with Crippen molar-refractivity contribution in [1.82, 2.24) is 5.32 Å². The summed E-state index contributed by atoms with van der Waals surface area (Å²) in [5.41, 5.74) is 4.04. The number of ether oxygens (including phenoxy) is 2. The quantitative estimate of drug-likeness (QED) is 0.812. The van der Waals surface area contributed by atoms with Crippen LogP contribution in [-0.4, -0.2) is 35.7 Å². The molecule has 1 aliphatic heterocycles. The molecule has 0 radical (unpaired) electrons. The molecule has 2 N–H and O–H groups in total. The minimum absolute atomic E-state index is 0.0249. The molecule has 4 atom stereocenters. The molecule has 1 saturated carbocycles. The summed E-state index contributed by atoms with van der Waals surface area (Å²) in [6, 6.07) is 6.78. The van der Waals surface area contributed by atoms with E-state index in [1.54, 1.807) is 0 Å². The molecule has 5 nitrogen and oxygen atoms in total. The van der Waals surface area contributed by atoms with Crippen molar-refractivity contribution in [2.45, 2.75) is 69.4 Å². The van der Waals surface area contributed by atoms with Crippen molar-refractivity contribution in [2.75, 3.05) is 6.61 Å². The normalized spacial score (nSPS) is 35.2. The van der Waals surface area contributed by atoms with Gasteiger partial charge in [-0.05, 0) is 54.7 Å². The lowest BCUT2D eigenvalue weighted by Gasteiger charge is -2.26. The summed E-state index contributed by atoms with van der Waals surface area (Å²) in [5.74, 6) is 0.327. The van der Waals surface area contributed by atoms with E-state index >= 15 is 0 Å². The lowest BCUT2D eigenvalue weighted by Crippen LogP contribution is -2.42. The van der Waals surface area contributed by atoms with Gasteiger partial charge in [0.2, 0.25) is 6.41 Å². The number of rotatable bonds is 2. The zero-order valence-electron chi connectivity index (χ0n) is 14.1. The Balaban J connectivity index is 1.46. The summed E-state index contributed by atoms with van der Waals surface area (Å²) in [7, 11) is 0. The van der Waals surface area contributed by atoms with Crippen LogP contribution in [0.1, 0.15) is 55.2 Å². The molecule has 1 spiro atoms. The van der Waals surface area contributed by atoms with Crippen LogP contribution in [0.2, 0.25) is 0 Å². The van der Waals surface area contributed by atoms with E-state index in [9.17, 15) is 9.90 Å². The molecule has 2 aliphatic carbocycles. The van der Waals surface area contributed by atoms with Crippen LogP contribution in [0, 0.1) is 0 Å². The first-order chi connectivity index (χ1) is 11.5. The number of fused-ring (bicyclic) bond motifs is 1. The molecule has 4 rings (SSSR count). The van der Waals surface area contributed by atoms with Crippen molar-refractivity contribution in [3.05, 3.63) is 34.9 Å². The number of esters is 1. The van der Waals surface area contributed by atoms with Gasteiger partial charge in [-0.2, -0.15) is 0 Å². The average molecular weight is 331 g/mol. The van der Waals surface area contributed by atoms with Crippen molar-refractivity contribution in [3.8, 4) is 0 Å². The summed E-state index contributed by atoms with van der Waals surface area (Å²) < 4.78 is 10.7. The summed E-state index contributed by atoms with van der Waals surface area (Å²) in [6.07, 6.45) is 5.09. The van der Waals surface area contributed by atoms with E-state index in [0.29, 0.717) is 12.5 Å². The monoisotopic (exact) mass is 331 g/mol. The van der Waals surface area contributed by atoms with Crippen LogP contribution in [0.5, 0.6) is 0 Å². The first-order valence-electron chi connectivity index (χ1n) is 8.89. The zero-order chi connectivity index (χ0) is 16.7. The summed E-state index contributed by atoms with van der Waals surface area (Å²) in [4.78, 5) is 11.1. The van der Waals surface area contributed by atoms with Gasteiger partial charge < -0.3 is 14.6 Å². The summed E-state index contributed by atoms with van der Waals surface area (Å²) in [5, 5.41) is 12.8. The molecule has 1 aromatic rings. The highest BCUT2D eigenvalue weighted by Crippen LogP contribution is 2.43. The third-order valence-corrected chi connectivity index (χ3v) is 5.77. The smallest absolute Gasteiger partial charge is 0.302 e. The molecule has 1 aromatic carbocycles. The first-order valence-corrected chi connectivity index (χ1v) is 8.89. The molecule has 1 saturated heterocycles. The van der Waals surface area contributed by atoms with Gasteiger partial charge in [-0.3, -0.25) is 10.1 Å². The number of carbonyl (C=O) groups excluding carboxylic acids is 1. The fraction of sp³-hybridized carbons (Fsp3) is 0.632. The Kier molecular flexibility index (Phi) is 4.11.